The number of aliphatic carboxylic acids is 1. The number of carbonyl (C=O) groups excluding carboxylic acids is 1. The first-order chi connectivity index (χ1) is 6.11. The molecule has 0 spiro atoms. The lowest BCUT2D eigenvalue weighted by molar-refractivity contribution is -0.147. The van der Waals surface area contributed by atoms with E-state index in [1.807, 2.05) is 12.2 Å². The first-order valence-electron chi connectivity index (χ1n) is 4.53. The number of rotatable bonds is 2. The topological polar surface area (TPSA) is 54.4 Å². The Morgan fingerprint density at radius 2 is 1.77 bits per heavy atom. The zero-order chi connectivity index (χ0) is 9.59. The molecular formula is C10H12O3. The van der Waals surface area contributed by atoms with Crippen molar-refractivity contribution in [2.45, 2.75) is 13.3 Å². The number of allylic oxidation sites excluding steroid dienone is 2. The van der Waals surface area contributed by atoms with Crippen LogP contribution >= 0.6 is 0 Å². The lowest BCUT2D eigenvalue weighted by Crippen LogP contribution is -2.31. The summed E-state index contributed by atoms with van der Waals surface area (Å²) in [6.07, 6.45) is 4.79. The number of hydrogen-bond acceptors (Lipinski definition) is 2. The van der Waals surface area contributed by atoms with Crippen molar-refractivity contribution in [2.24, 2.45) is 23.7 Å². The molecule has 1 N–H and O–H groups in total. The summed E-state index contributed by atoms with van der Waals surface area (Å²) in [6, 6.07) is 0. The van der Waals surface area contributed by atoms with Gasteiger partial charge in [-0.1, -0.05) is 12.2 Å². The minimum atomic E-state index is -0.822. The molecule has 0 unspecified atom stereocenters. The van der Waals surface area contributed by atoms with Gasteiger partial charge in [0.05, 0.1) is 5.92 Å². The molecule has 0 aliphatic heterocycles. The predicted octanol–water partition coefficient (Wildman–Crippen LogP) is 1.10. The molecule has 2 aliphatic rings. The van der Waals surface area contributed by atoms with Crippen molar-refractivity contribution in [2.75, 3.05) is 0 Å². The number of fused-ring (bicyclic) bond motifs is 2. The maximum Gasteiger partial charge on any atom is 0.307 e. The fourth-order valence-electron chi connectivity index (χ4n) is 2.71. The maximum atomic E-state index is 11.3. The minimum Gasteiger partial charge on any atom is -0.481 e. The van der Waals surface area contributed by atoms with Gasteiger partial charge < -0.3 is 5.11 Å². The summed E-state index contributed by atoms with van der Waals surface area (Å²) in [5, 5.41) is 8.97. The van der Waals surface area contributed by atoms with Gasteiger partial charge in [-0.15, -0.1) is 0 Å². The summed E-state index contributed by atoms with van der Waals surface area (Å²) in [5.74, 6) is -1.26. The second-order valence-electron chi connectivity index (χ2n) is 3.95. The fraction of sp³-hybridized carbons (Fsp3) is 0.600. The molecule has 70 valence electrons. The lowest BCUT2D eigenvalue weighted by atomic mass is 9.81. The first-order valence-corrected chi connectivity index (χ1v) is 4.53. The van der Waals surface area contributed by atoms with Gasteiger partial charge in [0.15, 0.2) is 0 Å². The highest BCUT2D eigenvalue weighted by molar-refractivity contribution is 5.86. The van der Waals surface area contributed by atoms with E-state index >= 15 is 0 Å². The number of ketones is 1. The predicted molar refractivity (Wildman–Crippen MR) is 46.0 cm³/mol. The molecule has 2 rings (SSSR count). The van der Waals surface area contributed by atoms with E-state index in [-0.39, 0.29) is 23.5 Å². The zero-order valence-electron chi connectivity index (χ0n) is 7.43. The highest BCUT2D eigenvalue weighted by atomic mass is 16.4. The van der Waals surface area contributed by atoms with Gasteiger partial charge in [0.25, 0.3) is 0 Å². The molecule has 2 aliphatic carbocycles. The van der Waals surface area contributed by atoms with E-state index in [0.29, 0.717) is 0 Å². The second kappa shape index (κ2) is 2.69. The van der Waals surface area contributed by atoms with E-state index in [9.17, 15) is 9.59 Å². The van der Waals surface area contributed by atoms with Crippen LogP contribution < -0.4 is 0 Å². The van der Waals surface area contributed by atoms with Gasteiger partial charge in [0, 0.05) is 5.92 Å². The van der Waals surface area contributed by atoms with Crippen molar-refractivity contribution in [1.29, 1.82) is 0 Å². The van der Waals surface area contributed by atoms with Crippen LogP contribution in [0.1, 0.15) is 13.3 Å². The molecule has 13 heavy (non-hydrogen) atoms. The van der Waals surface area contributed by atoms with E-state index in [2.05, 4.69) is 0 Å². The highest BCUT2D eigenvalue weighted by Gasteiger charge is 2.50. The molecule has 2 bridgehead atoms. The fourth-order valence-corrected chi connectivity index (χ4v) is 2.71. The third-order valence-electron chi connectivity index (χ3n) is 3.21. The quantitative estimate of drug-likeness (QED) is 0.647. The highest BCUT2D eigenvalue weighted by Crippen LogP contribution is 2.48. The maximum absolute atomic E-state index is 11.3. The van der Waals surface area contributed by atoms with Gasteiger partial charge in [0.2, 0.25) is 0 Å². The standard InChI is InChI=1S/C10H12O3/c1-5(11)8-6-2-3-7(4-6)9(8)10(12)13/h2-3,6-9H,4H2,1H3,(H,12,13)/t6-,7+,8+,9+/m0/s1. The van der Waals surface area contributed by atoms with Crippen molar-refractivity contribution in [3.8, 4) is 0 Å². The molecule has 3 heteroatoms. The van der Waals surface area contributed by atoms with Crippen molar-refractivity contribution in [3.63, 3.8) is 0 Å². The van der Waals surface area contributed by atoms with E-state index in [0.717, 1.165) is 6.42 Å². The van der Waals surface area contributed by atoms with E-state index in [1.165, 1.54) is 6.92 Å². The van der Waals surface area contributed by atoms with Crippen LogP contribution in [0.15, 0.2) is 12.2 Å². The third-order valence-corrected chi connectivity index (χ3v) is 3.21. The first kappa shape index (κ1) is 8.48. The molecule has 0 aromatic rings. The van der Waals surface area contributed by atoms with Gasteiger partial charge in [-0.25, -0.2) is 0 Å². The van der Waals surface area contributed by atoms with Gasteiger partial charge in [-0.3, -0.25) is 9.59 Å². The summed E-state index contributed by atoms with van der Waals surface area (Å²) in [5.41, 5.74) is 0. The molecule has 0 amide bonds. The summed E-state index contributed by atoms with van der Waals surface area (Å²) >= 11 is 0. The normalized spacial score (nSPS) is 41.0. The van der Waals surface area contributed by atoms with Crippen LogP contribution in [0.2, 0.25) is 0 Å². The SMILES string of the molecule is CC(=O)[C@H]1[C@H](C(=O)O)[C@@H]2C=C[C@H]1C2. The third kappa shape index (κ3) is 1.10. The molecule has 0 heterocycles. The molecule has 0 aromatic carbocycles. The van der Waals surface area contributed by atoms with Gasteiger partial charge in [0.1, 0.15) is 5.78 Å². The van der Waals surface area contributed by atoms with Gasteiger partial charge in [-0.05, 0) is 25.2 Å². The Morgan fingerprint density at radius 1 is 1.23 bits per heavy atom. The number of Topliss-reactive ketones (excluding diaryl/α,β-unsaturated/α-hetero) is 1. The van der Waals surface area contributed by atoms with Crippen LogP contribution in [0, 0.1) is 23.7 Å². The monoisotopic (exact) mass is 180 g/mol. The van der Waals surface area contributed by atoms with Gasteiger partial charge in [-0.2, -0.15) is 0 Å². The van der Waals surface area contributed by atoms with Crippen LogP contribution in [0.3, 0.4) is 0 Å². The second-order valence-corrected chi connectivity index (χ2v) is 3.95. The lowest BCUT2D eigenvalue weighted by Gasteiger charge is -2.21. The summed E-state index contributed by atoms with van der Waals surface area (Å²) < 4.78 is 0. The summed E-state index contributed by atoms with van der Waals surface area (Å²) in [4.78, 5) is 22.2. The number of carbonyl (C=O) groups is 2. The molecule has 0 saturated heterocycles. The van der Waals surface area contributed by atoms with Crippen molar-refractivity contribution >= 4 is 11.8 Å². The Bertz CT molecular complexity index is 265. The van der Waals surface area contributed by atoms with E-state index in [1.54, 1.807) is 0 Å². The molecule has 1 saturated carbocycles. The Morgan fingerprint density at radius 3 is 2.15 bits per heavy atom. The van der Waals surface area contributed by atoms with E-state index < -0.39 is 11.9 Å². The van der Waals surface area contributed by atoms with Crippen LogP contribution in [-0.4, -0.2) is 16.9 Å². The number of hydrogen-bond donors (Lipinski definition) is 1. The van der Waals surface area contributed by atoms with Gasteiger partial charge >= 0.3 is 5.97 Å². The molecular weight excluding hydrogens is 168 g/mol. The Balaban J connectivity index is 2.30. The number of carboxylic acid groups (broad SMARTS) is 1. The molecule has 4 atom stereocenters. The van der Waals surface area contributed by atoms with E-state index in [4.69, 9.17) is 5.11 Å². The minimum absolute atomic E-state index is 0.0178. The van der Waals surface area contributed by atoms with Crippen LogP contribution in [-0.2, 0) is 9.59 Å². The average Bonchev–Trinajstić information content (AvgIpc) is 2.60. The molecule has 1 fully saturated rings. The largest absolute Gasteiger partial charge is 0.481 e. The average molecular weight is 180 g/mol. The Kier molecular flexibility index (Phi) is 1.75. The van der Waals surface area contributed by atoms with Crippen LogP contribution in [0.4, 0.5) is 0 Å². The van der Waals surface area contributed by atoms with Crippen molar-refractivity contribution < 1.29 is 14.7 Å². The number of carboxylic acids is 1. The Labute approximate surface area is 76.4 Å². The smallest absolute Gasteiger partial charge is 0.307 e. The molecule has 0 radical (unpaired) electrons. The van der Waals surface area contributed by atoms with Crippen LogP contribution in [0.5, 0.6) is 0 Å². The zero-order valence-corrected chi connectivity index (χ0v) is 7.43. The van der Waals surface area contributed by atoms with Crippen LogP contribution in [0.25, 0.3) is 0 Å². The molecule has 3 nitrogen and oxygen atoms in total. The summed E-state index contributed by atoms with van der Waals surface area (Å²) in [6.45, 7) is 1.50. The Hall–Kier alpha value is -1.12. The summed E-state index contributed by atoms with van der Waals surface area (Å²) in [7, 11) is 0. The molecule has 0 aromatic heterocycles. The van der Waals surface area contributed by atoms with Crippen molar-refractivity contribution in [3.05, 3.63) is 12.2 Å². The van der Waals surface area contributed by atoms with Crippen molar-refractivity contribution in [1.82, 2.24) is 0 Å².